The Morgan fingerprint density at radius 2 is 1.88 bits per heavy atom. The van der Waals surface area contributed by atoms with Crippen molar-refractivity contribution < 1.29 is 0 Å². The predicted octanol–water partition coefficient (Wildman–Crippen LogP) is 4.91. The Morgan fingerprint density at radius 1 is 1.00 bits per heavy atom. The highest BCUT2D eigenvalue weighted by atomic mass is 15.2. The van der Waals surface area contributed by atoms with Gasteiger partial charge in [-0.1, -0.05) is 54.1 Å². The largest absolute Gasteiger partial charge is 0.381 e. The standard InChI is InChI=1S/C22H20N4/c1-17(14-18-6-3-2-4-7-18)16-24-20-9-5-8-19(15-20)21-10-12-23-22-11-13-25-26(21)22/h2-15,24H,16H2,1H3/b17-14+. The Bertz CT molecular complexity index is 1050. The van der Waals surface area contributed by atoms with Crippen molar-refractivity contribution in [1.29, 1.82) is 0 Å². The summed E-state index contributed by atoms with van der Waals surface area (Å²) >= 11 is 0. The number of fused-ring (bicyclic) bond motifs is 1. The Morgan fingerprint density at radius 3 is 2.77 bits per heavy atom. The van der Waals surface area contributed by atoms with Crippen LogP contribution in [0.25, 0.3) is 23.0 Å². The molecule has 2 heterocycles. The number of benzene rings is 2. The lowest BCUT2D eigenvalue weighted by Gasteiger charge is -2.10. The Labute approximate surface area is 152 Å². The van der Waals surface area contributed by atoms with Crippen LogP contribution in [0.5, 0.6) is 0 Å². The van der Waals surface area contributed by atoms with Gasteiger partial charge in [0.2, 0.25) is 0 Å². The molecule has 1 N–H and O–H groups in total. The lowest BCUT2D eigenvalue weighted by atomic mass is 10.1. The first-order valence-corrected chi connectivity index (χ1v) is 8.65. The van der Waals surface area contributed by atoms with E-state index in [0.717, 1.165) is 29.1 Å². The van der Waals surface area contributed by atoms with Crippen molar-refractivity contribution in [3.8, 4) is 11.3 Å². The number of hydrogen-bond donors (Lipinski definition) is 1. The molecule has 0 atom stereocenters. The first-order valence-electron chi connectivity index (χ1n) is 8.65. The molecule has 0 saturated carbocycles. The maximum Gasteiger partial charge on any atom is 0.155 e. The van der Waals surface area contributed by atoms with Gasteiger partial charge >= 0.3 is 0 Å². The molecule has 0 bridgehead atoms. The summed E-state index contributed by atoms with van der Waals surface area (Å²) in [6.07, 6.45) is 5.79. The fourth-order valence-corrected chi connectivity index (χ4v) is 2.97. The molecule has 2 aromatic carbocycles. The molecule has 0 saturated heterocycles. The van der Waals surface area contributed by atoms with Crippen LogP contribution >= 0.6 is 0 Å². The third-order valence-electron chi connectivity index (χ3n) is 4.23. The Balaban J connectivity index is 1.53. The molecule has 0 aliphatic rings. The zero-order chi connectivity index (χ0) is 17.8. The zero-order valence-electron chi connectivity index (χ0n) is 14.6. The maximum absolute atomic E-state index is 4.37. The molecule has 0 aliphatic heterocycles. The van der Waals surface area contributed by atoms with Gasteiger partial charge in [-0.2, -0.15) is 5.10 Å². The van der Waals surface area contributed by atoms with E-state index >= 15 is 0 Å². The Kier molecular flexibility index (Phi) is 4.48. The van der Waals surface area contributed by atoms with Gasteiger partial charge in [0.05, 0.1) is 11.9 Å². The summed E-state index contributed by atoms with van der Waals surface area (Å²) in [5.41, 5.74) is 6.57. The van der Waals surface area contributed by atoms with Crippen molar-refractivity contribution in [2.24, 2.45) is 0 Å². The van der Waals surface area contributed by atoms with E-state index in [1.54, 1.807) is 6.20 Å². The third-order valence-corrected chi connectivity index (χ3v) is 4.23. The van der Waals surface area contributed by atoms with Gasteiger partial charge in [0.25, 0.3) is 0 Å². The number of nitrogens with zero attached hydrogens (tertiary/aromatic N) is 3. The monoisotopic (exact) mass is 340 g/mol. The summed E-state index contributed by atoms with van der Waals surface area (Å²) in [6, 6.07) is 22.6. The van der Waals surface area contributed by atoms with Crippen LogP contribution in [0.4, 0.5) is 5.69 Å². The topological polar surface area (TPSA) is 42.2 Å². The number of anilines is 1. The molecule has 0 amide bonds. The second-order valence-corrected chi connectivity index (χ2v) is 6.27. The zero-order valence-corrected chi connectivity index (χ0v) is 14.6. The summed E-state index contributed by atoms with van der Waals surface area (Å²) in [5, 5.41) is 7.87. The molecule has 128 valence electrons. The van der Waals surface area contributed by atoms with Crippen molar-refractivity contribution in [2.75, 3.05) is 11.9 Å². The molecular weight excluding hydrogens is 320 g/mol. The second kappa shape index (κ2) is 7.23. The molecule has 0 fully saturated rings. The maximum atomic E-state index is 4.37. The van der Waals surface area contributed by atoms with Gasteiger partial charge < -0.3 is 5.32 Å². The molecule has 0 spiro atoms. The first-order chi connectivity index (χ1) is 12.8. The lowest BCUT2D eigenvalue weighted by molar-refractivity contribution is 0.948. The van der Waals surface area contributed by atoms with Crippen LogP contribution in [0.1, 0.15) is 12.5 Å². The van der Waals surface area contributed by atoms with E-state index in [9.17, 15) is 0 Å². The van der Waals surface area contributed by atoms with Gasteiger partial charge in [-0.3, -0.25) is 0 Å². The molecule has 0 radical (unpaired) electrons. The number of hydrogen-bond acceptors (Lipinski definition) is 3. The summed E-state index contributed by atoms with van der Waals surface area (Å²) in [7, 11) is 0. The fourth-order valence-electron chi connectivity index (χ4n) is 2.97. The Hall–Kier alpha value is -3.40. The molecule has 4 heteroatoms. The van der Waals surface area contributed by atoms with Crippen LogP contribution in [0.2, 0.25) is 0 Å². The van der Waals surface area contributed by atoms with Gasteiger partial charge in [-0.15, -0.1) is 0 Å². The minimum absolute atomic E-state index is 0.797. The number of nitrogens with one attached hydrogen (secondary N) is 1. The fraction of sp³-hybridized carbons (Fsp3) is 0.0909. The van der Waals surface area contributed by atoms with E-state index in [1.807, 2.05) is 28.9 Å². The average Bonchev–Trinajstić information content (AvgIpc) is 3.16. The average molecular weight is 340 g/mol. The van der Waals surface area contributed by atoms with Crippen LogP contribution in [0.15, 0.2) is 84.7 Å². The van der Waals surface area contributed by atoms with Crippen LogP contribution < -0.4 is 5.32 Å². The molecular formula is C22H20N4. The van der Waals surface area contributed by atoms with Crippen LogP contribution in [0.3, 0.4) is 0 Å². The van der Waals surface area contributed by atoms with E-state index in [-0.39, 0.29) is 0 Å². The lowest BCUT2D eigenvalue weighted by Crippen LogP contribution is -2.03. The summed E-state index contributed by atoms with van der Waals surface area (Å²) in [4.78, 5) is 4.33. The van der Waals surface area contributed by atoms with Gasteiger partial charge in [0.1, 0.15) is 0 Å². The molecule has 4 aromatic rings. The van der Waals surface area contributed by atoms with Crippen molar-refractivity contribution in [3.05, 3.63) is 90.3 Å². The van der Waals surface area contributed by atoms with E-state index < -0.39 is 0 Å². The van der Waals surface area contributed by atoms with Crippen molar-refractivity contribution in [2.45, 2.75) is 6.92 Å². The van der Waals surface area contributed by atoms with Gasteiger partial charge in [-0.25, -0.2) is 9.50 Å². The van der Waals surface area contributed by atoms with Gasteiger partial charge in [0.15, 0.2) is 5.65 Å². The highest BCUT2D eigenvalue weighted by Gasteiger charge is 2.05. The summed E-state index contributed by atoms with van der Waals surface area (Å²) < 4.78 is 1.86. The van der Waals surface area contributed by atoms with Crippen LogP contribution in [-0.2, 0) is 0 Å². The summed E-state index contributed by atoms with van der Waals surface area (Å²) in [6.45, 7) is 2.94. The second-order valence-electron chi connectivity index (χ2n) is 6.27. The minimum atomic E-state index is 0.797. The van der Waals surface area contributed by atoms with Crippen LogP contribution in [0, 0.1) is 0 Å². The summed E-state index contributed by atoms with van der Waals surface area (Å²) in [5.74, 6) is 0. The number of rotatable bonds is 5. The minimum Gasteiger partial charge on any atom is -0.381 e. The molecule has 0 unspecified atom stereocenters. The van der Waals surface area contributed by atoms with E-state index in [0.29, 0.717) is 0 Å². The van der Waals surface area contributed by atoms with E-state index in [1.165, 1.54) is 11.1 Å². The van der Waals surface area contributed by atoms with E-state index in [2.05, 4.69) is 76.9 Å². The van der Waals surface area contributed by atoms with Crippen molar-refractivity contribution in [1.82, 2.24) is 14.6 Å². The first kappa shape index (κ1) is 16.1. The third kappa shape index (κ3) is 3.49. The molecule has 0 aliphatic carbocycles. The normalized spacial score (nSPS) is 11.7. The van der Waals surface area contributed by atoms with E-state index in [4.69, 9.17) is 0 Å². The number of aromatic nitrogens is 3. The molecule has 2 aromatic heterocycles. The quantitative estimate of drug-likeness (QED) is 0.561. The van der Waals surface area contributed by atoms with Gasteiger partial charge in [0, 0.05) is 30.1 Å². The molecule has 4 rings (SSSR count). The molecule has 26 heavy (non-hydrogen) atoms. The highest BCUT2D eigenvalue weighted by molar-refractivity contribution is 5.67. The smallest absolute Gasteiger partial charge is 0.155 e. The van der Waals surface area contributed by atoms with Crippen molar-refractivity contribution >= 4 is 17.4 Å². The SMILES string of the molecule is C/C(=C\c1ccccc1)CNc1cccc(-c2ccnc3ccnn23)c1. The highest BCUT2D eigenvalue weighted by Crippen LogP contribution is 2.23. The van der Waals surface area contributed by atoms with Crippen LogP contribution in [-0.4, -0.2) is 21.1 Å². The predicted molar refractivity (Wildman–Crippen MR) is 107 cm³/mol. The molecule has 4 nitrogen and oxygen atoms in total. The van der Waals surface area contributed by atoms with Crippen molar-refractivity contribution in [3.63, 3.8) is 0 Å². The van der Waals surface area contributed by atoms with Gasteiger partial charge in [-0.05, 0) is 30.7 Å².